The van der Waals surface area contributed by atoms with E-state index in [1.165, 1.54) is 0 Å². The highest BCUT2D eigenvalue weighted by Gasteiger charge is 2.30. The molecule has 4 N–H and O–H groups in total. The van der Waals surface area contributed by atoms with E-state index in [2.05, 4.69) is 36.1 Å². The molecule has 0 amide bonds. The fraction of sp³-hybridized carbons (Fsp3) is 0.200. The van der Waals surface area contributed by atoms with Gasteiger partial charge < -0.3 is 20.1 Å². The summed E-state index contributed by atoms with van der Waals surface area (Å²) in [5, 5.41) is 23.5. The van der Waals surface area contributed by atoms with E-state index in [0.717, 1.165) is 33.6 Å². The Kier molecular flexibility index (Phi) is 4.67. The number of para-hydroxylation sites is 1. The van der Waals surface area contributed by atoms with Crippen molar-refractivity contribution in [3.63, 3.8) is 0 Å². The third kappa shape index (κ3) is 3.31. The van der Waals surface area contributed by atoms with E-state index in [0.29, 0.717) is 22.8 Å². The average Bonchev–Trinajstić information content (AvgIpc) is 3.49. The molecule has 0 aliphatic heterocycles. The number of rotatable bonds is 4. The Morgan fingerprint density at radius 2 is 1.82 bits per heavy atom. The SMILES string of the molecule is COc1ccccc1-c1c2c(C(C)(C)C)n[nH]c2c(O)n1-c1ccc(-c2cc(N)no2)cc1. The number of fused-ring (bicyclic) bond motifs is 1. The van der Waals surface area contributed by atoms with Crippen LogP contribution >= 0.6 is 0 Å². The molecular formula is C25H25N5O3. The molecule has 0 radical (unpaired) electrons. The van der Waals surface area contributed by atoms with Crippen LogP contribution in [-0.2, 0) is 5.41 Å². The maximum atomic E-state index is 11.3. The van der Waals surface area contributed by atoms with Gasteiger partial charge in [0, 0.05) is 28.3 Å². The van der Waals surface area contributed by atoms with Crippen LogP contribution in [0.1, 0.15) is 26.5 Å². The maximum absolute atomic E-state index is 11.3. The van der Waals surface area contributed by atoms with Crippen molar-refractivity contribution < 1.29 is 14.4 Å². The molecule has 8 heteroatoms. The van der Waals surface area contributed by atoms with E-state index in [-0.39, 0.29) is 11.3 Å². The first-order chi connectivity index (χ1) is 15.8. The largest absolute Gasteiger partial charge is 0.496 e. The molecule has 0 bridgehead atoms. The third-order valence-electron chi connectivity index (χ3n) is 5.67. The van der Waals surface area contributed by atoms with Gasteiger partial charge in [-0.1, -0.05) is 38.1 Å². The van der Waals surface area contributed by atoms with Gasteiger partial charge in [-0.25, -0.2) is 0 Å². The Balaban J connectivity index is 1.79. The summed E-state index contributed by atoms with van der Waals surface area (Å²) in [5.74, 6) is 1.68. The molecule has 33 heavy (non-hydrogen) atoms. The number of hydrogen-bond donors (Lipinski definition) is 3. The van der Waals surface area contributed by atoms with Gasteiger partial charge >= 0.3 is 0 Å². The first kappa shape index (κ1) is 20.7. The topological polar surface area (TPSA) is 115 Å². The second-order valence-electron chi connectivity index (χ2n) is 8.94. The summed E-state index contributed by atoms with van der Waals surface area (Å²) in [6, 6.07) is 17.1. The third-order valence-corrected chi connectivity index (χ3v) is 5.67. The van der Waals surface area contributed by atoms with E-state index in [9.17, 15) is 5.11 Å². The van der Waals surface area contributed by atoms with Gasteiger partial charge in [0.15, 0.2) is 11.6 Å². The zero-order chi connectivity index (χ0) is 23.3. The number of methoxy groups -OCH3 is 1. The van der Waals surface area contributed by atoms with Crippen LogP contribution in [0.15, 0.2) is 59.1 Å². The Labute approximate surface area is 190 Å². The number of H-pyrrole nitrogens is 1. The molecule has 168 valence electrons. The van der Waals surface area contributed by atoms with Crippen LogP contribution in [0.2, 0.25) is 0 Å². The summed E-state index contributed by atoms with van der Waals surface area (Å²) in [6.07, 6.45) is 0. The fourth-order valence-electron chi connectivity index (χ4n) is 4.15. The fourth-order valence-corrected chi connectivity index (χ4v) is 4.15. The number of nitrogens with two attached hydrogens (primary N) is 1. The Morgan fingerprint density at radius 1 is 1.09 bits per heavy atom. The highest BCUT2D eigenvalue weighted by atomic mass is 16.5. The number of anilines is 1. The van der Waals surface area contributed by atoms with Gasteiger partial charge in [-0.2, -0.15) is 5.10 Å². The lowest BCUT2D eigenvalue weighted by Gasteiger charge is -2.18. The molecule has 2 aromatic carbocycles. The molecule has 0 aliphatic rings. The molecule has 3 heterocycles. The van der Waals surface area contributed by atoms with Crippen molar-refractivity contribution in [3.8, 4) is 39.9 Å². The molecule has 0 unspecified atom stereocenters. The van der Waals surface area contributed by atoms with E-state index in [1.807, 2.05) is 53.1 Å². The number of aromatic amines is 1. The normalized spacial score (nSPS) is 11.9. The Hall–Kier alpha value is -4.20. The number of hydrogen-bond acceptors (Lipinski definition) is 6. The zero-order valence-corrected chi connectivity index (χ0v) is 18.9. The summed E-state index contributed by atoms with van der Waals surface area (Å²) >= 11 is 0. The summed E-state index contributed by atoms with van der Waals surface area (Å²) in [7, 11) is 1.64. The molecular weight excluding hydrogens is 418 g/mol. The standard InChI is InChI=1S/C25H25N5O3/c1-25(2,3)23-20-21(27-28-23)24(31)30(22(20)16-7-5-6-8-17(16)32-4)15-11-9-14(10-12-15)18-13-19(26)29-33-18/h5-13,27,31H,1-4H3,(H2,26,29). The van der Waals surface area contributed by atoms with Gasteiger partial charge in [-0.3, -0.25) is 9.67 Å². The van der Waals surface area contributed by atoms with Gasteiger partial charge in [0.2, 0.25) is 5.88 Å². The van der Waals surface area contributed by atoms with Gasteiger partial charge in [0.25, 0.3) is 0 Å². The Bertz CT molecular complexity index is 1450. The number of aromatic nitrogens is 4. The van der Waals surface area contributed by atoms with Crippen LogP contribution in [0, 0.1) is 0 Å². The number of benzene rings is 2. The van der Waals surface area contributed by atoms with Crippen molar-refractivity contribution in [3.05, 3.63) is 60.3 Å². The second kappa shape index (κ2) is 7.44. The summed E-state index contributed by atoms with van der Waals surface area (Å²) in [6.45, 7) is 6.29. The number of nitrogen functional groups attached to an aromatic ring is 1. The number of aromatic hydroxyl groups is 1. The van der Waals surface area contributed by atoms with Crippen LogP contribution in [0.4, 0.5) is 5.82 Å². The minimum Gasteiger partial charge on any atom is -0.496 e. The quantitative estimate of drug-likeness (QED) is 0.349. The van der Waals surface area contributed by atoms with Crippen molar-refractivity contribution in [1.82, 2.24) is 19.9 Å². The predicted octanol–water partition coefficient (Wildman–Crippen LogP) is 5.27. The Morgan fingerprint density at radius 3 is 2.45 bits per heavy atom. The number of nitrogens with one attached hydrogen (secondary N) is 1. The molecule has 0 aliphatic carbocycles. The second-order valence-corrected chi connectivity index (χ2v) is 8.94. The molecule has 0 fully saturated rings. The minimum atomic E-state index is -0.246. The van der Waals surface area contributed by atoms with Crippen LogP contribution in [0.5, 0.6) is 11.6 Å². The first-order valence-corrected chi connectivity index (χ1v) is 10.6. The highest BCUT2D eigenvalue weighted by Crippen LogP contribution is 2.46. The summed E-state index contributed by atoms with van der Waals surface area (Å²) in [5.41, 5.74) is 10.1. The van der Waals surface area contributed by atoms with E-state index in [4.69, 9.17) is 15.0 Å². The zero-order valence-electron chi connectivity index (χ0n) is 18.9. The summed E-state index contributed by atoms with van der Waals surface area (Å²) < 4.78 is 12.8. The molecule has 5 aromatic rings. The summed E-state index contributed by atoms with van der Waals surface area (Å²) in [4.78, 5) is 0. The monoisotopic (exact) mass is 443 g/mol. The van der Waals surface area contributed by atoms with Crippen LogP contribution in [0.25, 0.3) is 39.2 Å². The van der Waals surface area contributed by atoms with Gasteiger partial charge in [-0.15, -0.1) is 0 Å². The van der Waals surface area contributed by atoms with Crippen LogP contribution in [-0.4, -0.2) is 32.1 Å². The van der Waals surface area contributed by atoms with Crippen molar-refractivity contribution in [1.29, 1.82) is 0 Å². The van der Waals surface area contributed by atoms with Crippen molar-refractivity contribution in [2.24, 2.45) is 0 Å². The first-order valence-electron chi connectivity index (χ1n) is 10.6. The molecule has 3 aromatic heterocycles. The lowest BCUT2D eigenvalue weighted by Crippen LogP contribution is -2.12. The van der Waals surface area contributed by atoms with Crippen molar-refractivity contribution >= 4 is 16.7 Å². The van der Waals surface area contributed by atoms with Gasteiger partial charge in [-0.05, 0) is 36.4 Å². The van der Waals surface area contributed by atoms with E-state index < -0.39 is 0 Å². The number of ether oxygens (including phenoxy) is 1. The lowest BCUT2D eigenvalue weighted by atomic mass is 9.89. The van der Waals surface area contributed by atoms with Crippen molar-refractivity contribution in [2.45, 2.75) is 26.2 Å². The van der Waals surface area contributed by atoms with E-state index >= 15 is 0 Å². The molecule has 0 atom stereocenters. The predicted molar refractivity (Wildman–Crippen MR) is 128 cm³/mol. The smallest absolute Gasteiger partial charge is 0.222 e. The molecule has 5 rings (SSSR count). The van der Waals surface area contributed by atoms with Crippen LogP contribution < -0.4 is 10.5 Å². The number of nitrogens with zero attached hydrogens (tertiary/aromatic N) is 3. The van der Waals surface area contributed by atoms with Crippen molar-refractivity contribution in [2.75, 3.05) is 12.8 Å². The van der Waals surface area contributed by atoms with Gasteiger partial charge in [0.1, 0.15) is 11.3 Å². The lowest BCUT2D eigenvalue weighted by molar-refractivity contribution is 0.416. The molecule has 0 spiro atoms. The highest BCUT2D eigenvalue weighted by molar-refractivity contribution is 6.02. The molecule has 0 saturated heterocycles. The van der Waals surface area contributed by atoms with Gasteiger partial charge in [0.05, 0.1) is 23.9 Å². The molecule has 0 saturated carbocycles. The maximum Gasteiger partial charge on any atom is 0.222 e. The van der Waals surface area contributed by atoms with Crippen LogP contribution in [0.3, 0.4) is 0 Å². The van der Waals surface area contributed by atoms with E-state index in [1.54, 1.807) is 13.2 Å². The average molecular weight is 444 g/mol. The minimum absolute atomic E-state index is 0.0746. The molecule has 8 nitrogen and oxygen atoms in total.